The van der Waals surface area contributed by atoms with E-state index in [-0.39, 0.29) is 5.91 Å². The van der Waals surface area contributed by atoms with Gasteiger partial charge >= 0.3 is 0 Å². The molecule has 5 nitrogen and oxygen atoms in total. The van der Waals surface area contributed by atoms with Gasteiger partial charge in [-0.25, -0.2) is 0 Å². The Labute approximate surface area is 79.3 Å². The van der Waals surface area contributed by atoms with Crippen molar-refractivity contribution >= 4 is 17.2 Å². The van der Waals surface area contributed by atoms with Crippen LogP contribution in [0.1, 0.15) is 9.80 Å². The smallest absolute Gasteiger partial charge is 0.285 e. The Hall–Kier alpha value is -1.01. The maximum absolute atomic E-state index is 11.6. The number of ether oxygens (including phenoxy) is 1. The third-order valence-electron chi connectivity index (χ3n) is 1.81. The highest BCUT2D eigenvalue weighted by molar-refractivity contribution is 7.10. The number of rotatable bonds is 1. The van der Waals surface area contributed by atoms with E-state index in [9.17, 15) is 4.79 Å². The van der Waals surface area contributed by atoms with Crippen LogP contribution in [0.5, 0.6) is 0 Å². The summed E-state index contributed by atoms with van der Waals surface area (Å²) in [6, 6.07) is 0. The lowest BCUT2D eigenvalue weighted by Gasteiger charge is -2.25. The highest BCUT2D eigenvalue weighted by atomic mass is 32.1. The first kappa shape index (κ1) is 8.58. The Balaban J connectivity index is 2.04. The van der Waals surface area contributed by atoms with Gasteiger partial charge < -0.3 is 9.64 Å². The number of hydrogen-bond donors (Lipinski definition) is 0. The van der Waals surface area contributed by atoms with Crippen molar-refractivity contribution in [3.8, 4) is 0 Å². The van der Waals surface area contributed by atoms with Crippen molar-refractivity contribution in [3.63, 3.8) is 0 Å². The molecule has 1 aromatic heterocycles. The molecule has 13 heavy (non-hydrogen) atoms. The summed E-state index contributed by atoms with van der Waals surface area (Å²) in [6.45, 7) is 2.49. The third kappa shape index (κ3) is 1.84. The topological polar surface area (TPSA) is 55.3 Å². The van der Waals surface area contributed by atoms with Crippen LogP contribution in [-0.2, 0) is 4.74 Å². The number of hydrogen-bond acceptors (Lipinski definition) is 5. The molecule has 0 unspecified atom stereocenters. The summed E-state index contributed by atoms with van der Waals surface area (Å²) in [5.74, 6) is -0.0675. The molecule has 1 saturated heterocycles. The minimum atomic E-state index is -0.0675. The zero-order valence-corrected chi connectivity index (χ0v) is 7.71. The van der Waals surface area contributed by atoms with Crippen LogP contribution in [0.2, 0.25) is 0 Å². The summed E-state index contributed by atoms with van der Waals surface area (Å²) in [7, 11) is 0. The molecule has 1 amide bonds. The molecule has 1 aliphatic heterocycles. The van der Waals surface area contributed by atoms with Crippen molar-refractivity contribution in [2.24, 2.45) is 0 Å². The van der Waals surface area contributed by atoms with E-state index >= 15 is 0 Å². The fourth-order valence-electron chi connectivity index (χ4n) is 1.14. The van der Waals surface area contributed by atoms with Crippen LogP contribution in [-0.4, -0.2) is 47.3 Å². The van der Waals surface area contributed by atoms with Crippen molar-refractivity contribution in [2.75, 3.05) is 26.3 Å². The van der Waals surface area contributed by atoms with E-state index in [2.05, 4.69) is 15.7 Å². The normalized spacial score (nSPS) is 17.4. The Morgan fingerprint density at radius 1 is 1.54 bits per heavy atom. The van der Waals surface area contributed by atoms with Gasteiger partial charge in [0.05, 0.1) is 13.2 Å². The lowest BCUT2D eigenvalue weighted by atomic mass is 10.4. The molecule has 1 aromatic rings. The van der Waals surface area contributed by atoms with Gasteiger partial charge in [0, 0.05) is 13.1 Å². The Morgan fingerprint density at radius 2 is 2.31 bits per heavy atom. The Bertz CT molecular complexity index is 282. The summed E-state index contributed by atoms with van der Waals surface area (Å²) in [6.07, 6.45) is 0. The fraction of sp³-hybridized carbons (Fsp3) is 0.571. The van der Waals surface area contributed by atoms with E-state index in [1.807, 2.05) is 0 Å². The summed E-state index contributed by atoms with van der Waals surface area (Å²) in [5, 5.41) is 7.58. The standard InChI is InChI=1S/C7H8N3O2S/c11-7(6-9-8-5-13-6)10-1-3-12-4-2-10/h1-4H2. The summed E-state index contributed by atoms with van der Waals surface area (Å²) >= 11 is 1.15. The van der Waals surface area contributed by atoms with Crippen LogP contribution in [0.3, 0.4) is 0 Å². The zero-order chi connectivity index (χ0) is 9.10. The number of nitrogens with zero attached hydrogens (tertiary/aromatic N) is 3. The summed E-state index contributed by atoms with van der Waals surface area (Å²) < 4.78 is 5.13. The molecule has 0 atom stereocenters. The maximum atomic E-state index is 11.6. The summed E-state index contributed by atoms with van der Waals surface area (Å²) in [5.41, 5.74) is 2.55. The van der Waals surface area contributed by atoms with Crippen molar-refractivity contribution in [3.05, 3.63) is 10.5 Å². The first-order valence-electron chi connectivity index (χ1n) is 3.94. The van der Waals surface area contributed by atoms with Crippen molar-refractivity contribution in [1.29, 1.82) is 0 Å². The van der Waals surface area contributed by atoms with E-state index in [1.165, 1.54) is 0 Å². The molecular formula is C7H8N3O2S. The Morgan fingerprint density at radius 3 is 2.92 bits per heavy atom. The van der Waals surface area contributed by atoms with Gasteiger partial charge in [0.1, 0.15) is 0 Å². The molecular weight excluding hydrogens is 190 g/mol. The van der Waals surface area contributed by atoms with Crippen molar-refractivity contribution in [2.45, 2.75) is 0 Å². The van der Waals surface area contributed by atoms with Crippen molar-refractivity contribution < 1.29 is 9.53 Å². The number of amides is 1. The predicted octanol–water partition coefficient (Wildman–Crippen LogP) is -0.189. The molecule has 1 aliphatic rings. The van der Waals surface area contributed by atoms with Crippen LogP contribution < -0.4 is 0 Å². The van der Waals surface area contributed by atoms with E-state index in [4.69, 9.17) is 4.74 Å². The van der Waals surface area contributed by atoms with Crippen LogP contribution in [0.15, 0.2) is 0 Å². The molecule has 69 valence electrons. The first-order chi connectivity index (χ1) is 6.38. The molecule has 0 aromatic carbocycles. The number of aromatic nitrogens is 2. The number of carbonyl (C=O) groups excluding carboxylic acids is 1. The van der Waals surface area contributed by atoms with Crippen LogP contribution >= 0.6 is 11.3 Å². The van der Waals surface area contributed by atoms with Gasteiger partial charge in [0.25, 0.3) is 5.91 Å². The van der Waals surface area contributed by atoms with Gasteiger partial charge in [0.15, 0.2) is 5.51 Å². The quantitative estimate of drug-likeness (QED) is 0.627. The molecule has 0 bridgehead atoms. The van der Waals surface area contributed by atoms with E-state index in [1.54, 1.807) is 4.90 Å². The molecule has 1 radical (unpaired) electrons. The number of carbonyl (C=O) groups is 1. The average Bonchev–Trinajstić information content (AvgIpc) is 2.71. The van der Waals surface area contributed by atoms with E-state index in [0.29, 0.717) is 31.3 Å². The van der Waals surface area contributed by atoms with Gasteiger partial charge in [-0.05, 0) is 0 Å². The highest BCUT2D eigenvalue weighted by Crippen LogP contribution is 2.07. The second-order valence-corrected chi connectivity index (χ2v) is 3.38. The average molecular weight is 198 g/mol. The van der Waals surface area contributed by atoms with Gasteiger partial charge in [0.2, 0.25) is 5.01 Å². The van der Waals surface area contributed by atoms with Crippen LogP contribution in [0, 0.1) is 5.51 Å². The molecule has 0 N–H and O–H groups in total. The molecule has 0 spiro atoms. The number of morpholine rings is 1. The maximum Gasteiger partial charge on any atom is 0.285 e. The zero-order valence-electron chi connectivity index (χ0n) is 6.89. The lowest BCUT2D eigenvalue weighted by Crippen LogP contribution is -2.40. The second-order valence-electron chi connectivity index (χ2n) is 2.60. The van der Waals surface area contributed by atoms with Gasteiger partial charge in [-0.15, -0.1) is 10.2 Å². The second kappa shape index (κ2) is 3.80. The molecule has 6 heteroatoms. The van der Waals surface area contributed by atoms with E-state index < -0.39 is 0 Å². The molecule has 0 aliphatic carbocycles. The highest BCUT2D eigenvalue weighted by Gasteiger charge is 2.20. The predicted molar refractivity (Wildman–Crippen MR) is 45.5 cm³/mol. The minimum absolute atomic E-state index is 0.0675. The van der Waals surface area contributed by atoms with Gasteiger partial charge in [-0.2, -0.15) is 0 Å². The van der Waals surface area contributed by atoms with Crippen LogP contribution in [0.25, 0.3) is 0 Å². The largest absolute Gasteiger partial charge is 0.378 e. The minimum Gasteiger partial charge on any atom is -0.378 e. The summed E-state index contributed by atoms with van der Waals surface area (Å²) in [4.78, 5) is 13.3. The fourth-order valence-corrected chi connectivity index (χ4v) is 1.60. The lowest BCUT2D eigenvalue weighted by molar-refractivity contribution is 0.0302. The molecule has 0 saturated carbocycles. The van der Waals surface area contributed by atoms with Crippen molar-refractivity contribution in [1.82, 2.24) is 15.1 Å². The molecule has 2 rings (SSSR count). The van der Waals surface area contributed by atoms with Gasteiger partial charge in [-0.1, -0.05) is 11.3 Å². The monoisotopic (exact) mass is 198 g/mol. The molecule has 1 fully saturated rings. The van der Waals surface area contributed by atoms with E-state index in [0.717, 1.165) is 11.3 Å². The van der Waals surface area contributed by atoms with Crippen LogP contribution in [0.4, 0.5) is 0 Å². The SMILES string of the molecule is O=C(c1nn[c]s1)N1CCOCC1. The van der Waals surface area contributed by atoms with Gasteiger partial charge in [-0.3, -0.25) is 4.79 Å². The third-order valence-corrected chi connectivity index (χ3v) is 2.43. The Kier molecular flexibility index (Phi) is 2.51. The molecule has 2 heterocycles. The first-order valence-corrected chi connectivity index (χ1v) is 4.76.